The molecule has 0 spiro atoms. The first-order chi connectivity index (χ1) is 17.8. The summed E-state index contributed by atoms with van der Waals surface area (Å²) in [5, 5.41) is 5.96. The van der Waals surface area contributed by atoms with Crippen LogP contribution >= 0.6 is 22.7 Å². The fraction of sp³-hybridized carbons (Fsp3) is 0. The zero-order chi connectivity index (χ0) is 24.2. The molecule has 6 rings (SSSR count). The lowest BCUT2D eigenvalue weighted by atomic mass is 10.2. The molecular formula is C30H20N2O2S2. The van der Waals surface area contributed by atoms with Crippen molar-refractivity contribution in [2.75, 3.05) is 0 Å². The summed E-state index contributed by atoms with van der Waals surface area (Å²) >= 11 is 3.20. The van der Waals surface area contributed by atoms with Crippen molar-refractivity contribution in [3.8, 4) is 55.5 Å². The summed E-state index contributed by atoms with van der Waals surface area (Å²) in [6, 6.07) is 35.5. The Morgan fingerprint density at radius 2 is 0.778 bits per heavy atom. The minimum atomic E-state index is 0.796. The maximum atomic E-state index is 5.89. The predicted octanol–water partition coefficient (Wildman–Crippen LogP) is 9.19. The highest BCUT2D eigenvalue weighted by Gasteiger charge is 2.12. The van der Waals surface area contributed by atoms with Crippen LogP contribution in [0.2, 0.25) is 0 Å². The largest absolute Gasteiger partial charge is 0.457 e. The van der Waals surface area contributed by atoms with Crippen molar-refractivity contribution < 1.29 is 9.47 Å². The third-order valence-corrected chi connectivity index (χ3v) is 7.28. The average molecular weight is 505 g/mol. The normalized spacial score (nSPS) is 10.8. The van der Waals surface area contributed by atoms with E-state index in [2.05, 4.69) is 10.8 Å². The molecule has 0 N–H and O–H groups in total. The molecule has 0 aliphatic carbocycles. The molecule has 0 fully saturated rings. The summed E-state index contributed by atoms with van der Waals surface area (Å²) in [5.41, 5.74) is 3.95. The summed E-state index contributed by atoms with van der Waals surface area (Å²) in [6.45, 7) is 0. The average Bonchev–Trinajstić information content (AvgIpc) is 3.61. The van der Waals surface area contributed by atoms with Crippen molar-refractivity contribution >= 4 is 22.7 Å². The highest BCUT2D eigenvalue weighted by Crippen LogP contribution is 2.34. The van der Waals surface area contributed by atoms with E-state index in [9.17, 15) is 0 Å². The van der Waals surface area contributed by atoms with E-state index in [0.717, 1.165) is 55.5 Å². The van der Waals surface area contributed by atoms with Crippen LogP contribution in [-0.2, 0) is 0 Å². The lowest BCUT2D eigenvalue weighted by Crippen LogP contribution is -1.85. The highest BCUT2D eigenvalue weighted by molar-refractivity contribution is 7.20. The summed E-state index contributed by atoms with van der Waals surface area (Å²) in [6.07, 6.45) is 0. The van der Waals surface area contributed by atoms with Gasteiger partial charge in [-0.2, -0.15) is 0 Å². The lowest BCUT2D eigenvalue weighted by Gasteiger charge is -2.05. The molecule has 0 amide bonds. The molecule has 0 atom stereocenters. The van der Waals surface area contributed by atoms with Gasteiger partial charge in [-0.05, 0) is 72.8 Å². The van der Waals surface area contributed by atoms with Gasteiger partial charge in [-0.15, -0.1) is 22.7 Å². The number of hydrogen-bond acceptors (Lipinski definition) is 6. The predicted molar refractivity (Wildman–Crippen MR) is 147 cm³/mol. The topological polar surface area (TPSA) is 44.2 Å². The number of para-hydroxylation sites is 2. The van der Waals surface area contributed by atoms with Gasteiger partial charge in [0, 0.05) is 21.9 Å². The van der Waals surface area contributed by atoms with Crippen LogP contribution in [0.4, 0.5) is 0 Å². The lowest BCUT2D eigenvalue weighted by molar-refractivity contribution is 0.482. The van der Waals surface area contributed by atoms with E-state index in [1.165, 1.54) is 0 Å². The van der Waals surface area contributed by atoms with Crippen molar-refractivity contribution in [3.63, 3.8) is 0 Å². The number of thiazole rings is 2. The van der Waals surface area contributed by atoms with Crippen molar-refractivity contribution in [1.29, 1.82) is 0 Å². The van der Waals surface area contributed by atoms with Gasteiger partial charge in [0.05, 0.1) is 11.4 Å². The first-order valence-electron chi connectivity index (χ1n) is 11.4. The van der Waals surface area contributed by atoms with Gasteiger partial charge in [0.1, 0.15) is 23.0 Å². The number of aromatic nitrogens is 2. The van der Waals surface area contributed by atoms with Crippen molar-refractivity contribution in [1.82, 2.24) is 9.97 Å². The van der Waals surface area contributed by atoms with E-state index >= 15 is 0 Å². The Kier molecular flexibility index (Phi) is 6.27. The maximum Gasteiger partial charge on any atom is 0.152 e. The van der Waals surface area contributed by atoms with E-state index in [1.807, 2.05) is 109 Å². The molecule has 0 radical (unpaired) electrons. The van der Waals surface area contributed by atoms with Gasteiger partial charge in [0.15, 0.2) is 10.0 Å². The van der Waals surface area contributed by atoms with E-state index in [4.69, 9.17) is 19.4 Å². The van der Waals surface area contributed by atoms with Crippen molar-refractivity contribution in [2.24, 2.45) is 0 Å². The van der Waals surface area contributed by atoms with Crippen LogP contribution < -0.4 is 9.47 Å². The second kappa shape index (κ2) is 10.2. The Labute approximate surface area is 217 Å². The van der Waals surface area contributed by atoms with Gasteiger partial charge in [-0.3, -0.25) is 0 Å². The second-order valence-corrected chi connectivity index (χ2v) is 9.67. The third-order valence-electron chi connectivity index (χ3n) is 5.45. The SMILES string of the molecule is c1ccc(Oc2ccc(-c3csc(-c4nc(-c5ccc(Oc6ccccc6)cc5)cs4)n3)cc2)cc1. The monoisotopic (exact) mass is 504 g/mol. The minimum absolute atomic E-state index is 0.796. The van der Waals surface area contributed by atoms with Crippen molar-refractivity contribution in [2.45, 2.75) is 0 Å². The Bertz CT molecular complexity index is 1440. The van der Waals surface area contributed by atoms with Gasteiger partial charge < -0.3 is 9.47 Å². The molecule has 0 aliphatic heterocycles. The summed E-state index contributed by atoms with van der Waals surface area (Å²) < 4.78 is 11.8. The first-order valence-corrected chi connectivity index (χ1v) is 13.1. The van der Waals surface area contributed by atoms with E-state index < -0.39 is 0 Å². The number of hydrogen-bond donors (Lipinski definition) is 0. The van der Waals surface area contributed by atoms with Gasteiger partial charge in [0.2, 0.25) is 0 Å². The van der Waals surface area contributed by atoms with Crippen LogP contribution in [0.3, 0.4) is 0 Å². The first kappa shape index (κ1) is 22.2. The van der Waals surface area contributed by atoms with Gasteiger partial charge in [0.25, 0.3) is 0 Å². The Morgan fingerprint density at radius 3 is 1.17 bits per heavy atom. The minimum Gasteiger partial charge on any atom is -0.457 e. The molecule has 0 bridgehead atoms. The molecule has 0 saturated carbocycles. The fourth-order valence-electron chi connectivity index (χ4n) is 3.65. The smallest absolute Gasteiger partial charge is 0.152 e. The number of nitrogens with zero attached hydrogens (tertiary/aromatic N) is 2. The molecule has 6 aromatic rings. The molecule has 174 valence electrons. The van der Waals surface area contributed by atoms with E-state index in [1.54, 1.807) is 22.7 Å². The third kappa shape index (κ3) is 5.05. The molecule has 2 aromatic heterocycles. The second-order valence-electron chi connectivity index (χ2n) is 7.95. The fourth-order valence-corrected chi connectivity index (χ4v) is 5.35. The van der Waals surface area contributed by atoms with Gasteiger partial charge in [-0.25, -0.2) is 9.97 Å². The molecule has 4 aromatic carbocycles. The quantitative estimate of drug-likeness (QED) is 0.217. The Balaban J connectivity index is 1.14. The van der Waals surface area contributed by atoms with Gasteiger partial charge >= 0.3 is 0 Å². The molecule has 4 nitrogen and oxygen atoms in total. The summed E-state index contributed by atoms with van der Waals surface area (Å²) in [4.78, 5) is 9.68. The van der Waals surface area contributed by atoms with E-state index in [0.29, 0.717) is 0 Å². The van der Waals surface area contributed by atoms with Crippen LogP contribution in [0, 0.1) is 0 Å². The molecular weight excluding hydrogens is 484 g/mol. The maximum absolute atomic E-state index is 5.89. The summed E-state index contributed by atoms with van der Waals surface area (Å²) in [5.74, 6) is 3.23. The molecule has 0 aliphatic rings. The van der Waals surface area contributed by atoms with Crippen LogP contribution in [0.15, 0.2) is 120 Å². The van der Waals surface area contributed by atoms with Gasteiger partial charge in [-0.1, -0.05) is 36.4 Å². The van der Waals surface area contributed by atoms with Crippen LogP contribution in [0.5, 0.6) is 23.0 Å². The zero-order valence-corrected chi connectivity index (χ0v) is 20.7. The van der Waals surface area contributed by atoms with Crippen LogP contribution in [0.25, 0.3) is 32.5 Å². The Morgan fingerprint density at radius 1 is 0.417 bits per heavy atom. The summed E-state index contributed by atoms with van der Waals surface area (Å²) in [7, 11) is 0. The molecule has 6 heteroatoms. The number of rotatable bonds is 7. The molecule has 0 saturated heterocycles. The van der Waals surface area contributed by atoms with E-state index in [-0.39, 0.29) is 0 Å². The van der Waals surface area contributed by atoms with Crippen LogP contribution in [0.1, 0.15) is 0 Å². The standard InChI is InChI=1S/C30H20N2O2S2/c1-3-7-23(8-4-1)33-25-15-11-21(12-16-25)27-19-35-29(31-27)30-32-28(20-36-30)22-13-17-26(18-14-22)34-24-9-5-2-6-10-24/h1-20H. The van der Waals surface area contributed by atoms with Crippen molar-refractivity contribution in [3.05, 3.63) is 120 Å². The number of benzene rings is 4. The Hall–Kier alpha value is -4.26. The highest BCUT2D eigenvalue weighted by atomic mass is 32.1. The van der Waals surface area contributed by atoms with Crippen LogP contribution in [-0.4, -0.2) is 9.97 Å². The number of ether oxygens (including phenoxy) is 2. The molecule has 2 heterocycles. The zero-order valence-electron chi connectivity index (χ0n) is 19.1. The molecule has 0 unspecified atom stereocenters. The molecule has 36 heavy (non-hydrogen) atoms.